The first-order valence-electron chi connectivity index (χ1n) is 7.02. The van der Waals surface area contributed by atoms with Gasteiger partial charge in [-0.25, -0.2) is 4.79 Å². The molecule has 0 aliphatic carbocycles. The Balaban J connectivity index is 2.05. The van der Waals surface area contributed by atoms with Gasteiger partial charge in [0.2, 0.25) is 0 Å². The minimum absolute atomic E-state index is 0.227. The van der Waals surface area contributed by atoms with Crippen molar-refractivity contribution in [3.05, 3.63) is 27.8 Å². The molecule has 0 saturated carbocycles. The van der Waals surface area contributed by atoms with Gasteiger partial charge in [-0.15, -0.1) is 0 Å². The van der Waals surface area contributed by atoms with E-state index < -0.39 is 11.4 Å². The lowest BCUT2D eigenvalue weighted by Crippen LogP contribution is -2.50. The molecule has 2 rings (SSSR count). The predicted octanol–water partition coefficient (Wildman–Crippen LogP) is 3.40. The first-order valence-corrected chi connectivity index (χ1v) is 8.09. The number of carbonyl (C=O) groups excluding carboxylic acids is 1. The van der Waals surface area contributed by atoms with Gasteiger partial charge >= 0.3 is 12.0 Å². The molecule has 1 aliphatic rings. The molecule has 2 N–H and O–H groups in total. The Hall–Kier alpha value is -1.31. The number of likely N-dealkylation sites (tertiary alicyclic amines) is 1. The fraction of sp³-hybridized carbons (Fsp3) is 0.467. The molecule has 6 heteroatoms. The average Bonchev–Trinajstić information content (AvgIpc) is 2.49. The van der Waals surface area contributed by atoms with Crippen molar-refractivity contribution in [2.75, 3.05) is 18.4 Å². The Morgan fingerprint density at radius 2 is 2.05 bits per heavy atom. The summed E-state index contributed by atoms with van der Waals surface area (Å²) in [6.07, 6.45) is 1.89. The molecule has 0 aromatic heterocycles. The summed E-state index contributed by atoms with van der Waals surface area (Å²) in [5.74, 6) is -0.809. The first-order chi connectivity index (χ1) is 9.97. The molecule has 1 heterocycles. The van der Waals surface area contributed by atoms with Crippen molar-refractivity contribution in [2.24, 2.45) is 5.41 Å². The van der Waals surface area contributed by atoms with Crippen LogP contribution in [-0.4, -0.2) is 35.1 Å². The highest BCUT2D eigenvalue weighted by Gasteiger charge is 2.42. The van der Waals surface area contributed by atoms with E-state index in [1.807, 2.05) is 31.2 Å². The molecule has 1 fully saturated rings. The van der Waals surface area contributed by atoms with Crippen LogP contribution >= 0.6 is 22.6 Å². The van der Waals surface area contributed by atoms with E-state index in [-0.39, 0.29) is 12.6 Å². The third-order valence-electron chi connectivity index (χ3n) is 4.09. The molecule has 2 amide bonds. The first kappa shape index (κ1) is 16.1. The van der Waals surface area contributed by atoms with Crippen molar-refractivity contribution in [3.63, 3.8) is 0 Å². The summed E-state index contributed by atoms with van der Waals surface area (Å²) in [4.78, 5) is 25.4. The van der Waals surface area contributed by atoms with E-state index in [4.69, 9.17) is 0 Å². The monoisotopic (exact) mass is 402 g/mol. The highest BCUT2D eigenvalue weighted by molar-refractivity contribution is 14.1. The van der Waals surface area contributed by atoms with Gasteiger partial charge in [0.05, 0.1) is 5.41 Å². The fourth-order valence-corrected chi connectivity index (χ4v) is 3.01. The number of carbonyl (C=O) groups is 2. The Labute approximate surface area is 137 Å². The zero-order chi connectivity index (χ0) is 15.5. The number of amides is 2. The van der Waals surface area contributed by atoms with E-state index in [9.17, 15) is 14.7 Å². The Morgan fingerprint density at radius 3 is 2.62 bits per heavy atom. The molecule has 1 unspecified atom stereocenters. The summed E-state index contributed by atoms with van der Waals surface area (Å²) in [5.41, 5.74) is -0.0785. The standard InChI is InChI=1S/C15H19IN2O3/c1-2-15(13(19)20)8-3-9-18(10-15)14(21)17-12-6-4-11(16)5-7-12/h4-7H,2-3,8-10H2,1H3,(H,17,21)(H,19,20). The smallest absolute Gasteiger partial charge is 0.321 e. The summed E-state index contributed by atoms with van der Waals surface area (Å²) >= 11 is 2.20. The summed E-state index contributed by atoms with van der Waals surface area (Å²) in [6.45, 7) is 2.74. The molecule has 5 nitrogen and oxygen atoms in total. The van der Waals surface area contributed by atoms with E-state index in [2.05, 4.69) is 27.9 Å². The van der Waals surface area contributed by atoms with Gasteiger partial charge in [-0.3, -0.25) is 4.79 Å². The topological polar surface area (TPSA) is 69.6 Å². The van der Waals surface area contributed by atoms with E-state index in [1.165, 1.54) is 0 Å². The molecule has 0 radical (unpaired) electrons. The molecular formula is C15H19IN2O3. The third kappa shape index (κ3) is 3.66. The Morgan fingerprint density at radius 1 is 1.38 bits per heavy atom. The lowest BCUT2D eigenvalue weighted by atomic mass is 9.78. The van der Waals surface area contributed by atoms with Crippen LogP contribution in [0.3, 0.4) is 0 Å². The molecule has 21 heavy (non-hydrogen) atoms. The number of benzene rings is 1. The quantitative estimate of drug-likeness (QED) is 0.762. The van der Waals surface area contributed by atoms with Crippen molar-refractivity contribution < 1.29 is 14.7 Å². The number of aliphatic carboxylic acids is 1. The van der Waals surface area contributed by atoms with Gasteiger partial charge in [-0.05, 0) is 66.1 Å². The zero-order valence-electron chi connectivity index (χ0n) is 11.9. The molecular weight excluding hydrogens is 383 g/mol. The summed E-state index contributed by atoms with van der Waals surface area (Å²) < 4.78 is 1.10. The number of nitrogens with zero attached hydrogens (tertiary/aromatic N) is 1. The average molecular weight is 402 g/mol. The van der Waals surface area contributed by atoms with E-state index in [1.54, 1.807) is 4.90 Å². The molecule has 0 bridgehead atoms. The highest BCUT2D eigenvalue weighted by atomic mass is 127. The Bertz CT molecular complexity index is 532. The number of hydrogen-bond donors (Lipinski definition) is 2. The molecule has 114 valence electrons. The van der Waals surface area contributed by atoms with Crippen LogP contribution in [0.25, 0.3) is 0 Å². The number of hydrogen-bond acceptors (Lipinski definition) is 2. The Kier molecular flexibility index (Phi) is 5.08. The molecule has 1 atom stereocenters. The number of anilines is 1. The molecule has 1 saturated heterocycles. The highest BCUT2D eigenvalue weighted by Crippen LogP contribution is 2.33. The largest absolute Gasteiger partial charge is 0.481 e. The van der Waals surface area contributed by atoms with Crippen LogP contribution in [0.5, 0.6) is 0 Å². The van der Waals surface area contributed by atoms with Gasteiger partial charge < -0.3 is 15.3 Å². The van der Waals surface area contributed by atoms with E-state index in [0.717, 1.165) is 15.7 Å². The van der Waals surface area contributed by atoms with Crippen LogP contribution < -0.4 is 5.32 Å². The van der Waals surface area contributed by atoms with Crippen LogP contribution in [0.4, 0.5) is 10.5 Å². The second-order valence-electron chi connectivity index (χ2n) is 5.40. The molecule has 1 aromatic carbocycles. The van der Waals surface area contributed by atoms with Gasteiger partial charge in [0.1, 0.15) is 0 Å². The predicted molar refractivity (Wildman–Crippen MR) is 89.3 cm³/mol. The number of carboxylic acids is 1. The van der Waals surface area contributed by atoms with Gasteiger partial charge in [0.25, 0.3) is 0 Å². The number of carboxylic acid groups (broad SMARTS) is 1. The van der Waals surface area contributed by atoms with Crippen LogP contribution in [0.2, 0.25) is 0 Å². The maximum Gasteiger partial charge on any atom is 0.321 e. The summed E-state index contributed by atoms with van der Waals surface area (Å²) in [7, 11) is 0. The van der Waals surface area contributed by atoms with Crippen molar-refractivity contribution >= 4 is 40.3 Å². The van der Waals surface area contributed by atoms with Gasteiger partial charge in [0.15, 0.2) is 0 Å². The number of urea groups is 1. The molecule has 0 spiro atoms. The zero-order valence-corrected chi connectivity index (χ0v) is 14.1. The van der Waals surface area contributed by atoms with Gasteiger partial charge in [0, 0.05) is 22.3 Å². The number of piperidine rings is 1. The van der Waals surface area contributed by atoms with Crippen molar-refractivity contribution in [2.45, 2.75) is 26.2 Å². The SMILES string of the molecule is CCC1(C(=O)O)CCCN(C(=O)Nc2ccc(I)cc2)C1. The third-order valence-corrected chi connectivity index (χ3v) is 4.81. The van der Waals surface area contributed by atoms with Crippen LogP contribution in [-0.2, 0) is 4.79 Å². The van der Waals surface area contributed by atoms with Crippen molar-refractivity contribution in [3.8, 4) is 0 Å². The molecule has 1 aliphatic heterocycles. The second kappa shape index (κ2) is 6.64. The summed E-state index contributed by atoms with van der Waals surface area (Å²) in [5, 5.41) is 12.3. The minimum atomic E-state index is -0.809. The normalized spacial score (nSPS) is 21.9. The second-order valence-corrected chi connectivity index (χ2v) is 6.65. The van der Waals surface area contributed by atoms with Gasteiger partial charge in [-0.1, -0.05) is 6.92 Å². The van der Waals surface area contributed by atoms with E-state index in [0.29, 0.717) is 19.4 Å². The van der Waals surface area contributed by atoms with E-state index >= 15 is 0 Å². The maximum absolute atomic E-state index is 12.3. The lowest BCUT2D eigenvalue weighted by Gasteiger charge is -2.39. The number of halogens is 1. The maximum atomic E-state index is 12.3. The van der Waals surface area contributed by atoms with Crippen LogP contribution in [0.1, 0.15) is 26.2 Å². The number of nitrogens with one attached hydrogen (secondary N) is 1. The minimum Gasteiger partial charge on any atom is -0.481 e. The fourth-order valence-electron chi connectivity index (χ4n) is 2.66. The number of rotatable bonds is 3. The molecule has 1 aromatic rings. The van der Waals surface area contributed by atoms with Crippen LogP contribution in [0.15, 0.2) is 24.3 Å². The van der Waals surface area contributed by atoms with Crippen LogP contribution in [0, 0.1) is 8.99 Å². The van der Waals surface area contributed by atoms with Crippen molar-refractivity contribution in [1.29, 1.82) is 0 Å². The lowest BCUT2D eigenvalue weighted by molar-refractivity contribution is -0.152. The van der Waals surface area contributed by atoms with Crippen molar-refractivity contribution in [1.82, 2.24) is 4.90 Å². The van der Waals surface area contributed by atoms with Gasteiger partial charge in [-0.2, -0.15) is 0 Å². The summed E-state index contributed by atoms with van der Waals surface area (Å²) in [6, 6.07) is 7.29.